The fraction of sp³-hybridized carbons (Fsp3) is 0.269. The van der Waals surface area contributed by atoms with E-state index in [9.17, 15) is 9.59 Å². The first-order valence-corrected chi connectivity index (χ1v) is 11.3. The normalized spacial score (nSPS) is 17.2. The molecule has 1 amide bonds. The summed E-state index contributed by atoms with van der Waals surface area (Å²) in [5.74, 6) is 0.690. The molecule has 9 heteroatoms. The number of carbonyl (C=O) groups excluding carboxylic acids is 2. The van der Waals surface area contributed by atoms with Crippen LogP contribution in [0.1, 0.15) is 34.5 Å². The van der Waals surface area contributed by atoms with Crippen molar-refractivity contribution in [3.05, 3.63) is 77.4 Å². The number of amides is 1. The molecular weight excluding hydrogens is 450 g/mol. The predicted molar refractivity (Wildman–Crippen MR) is 127 cm³/mol. The first-order valence-electron chi connectivity index (χ1n) is 11.3. The molecule has 2 aliphatic rings. The molecule has 1 aromatic heterocycles. The first-order chi connectivity index (χ1) is 17.0. The number of methoxy groups -OCH3 is 1. The van der Waals surface area contributed by atoms with Crippen LogP contribution in [0.5, 0.6) is 5.75 Å². The minimum absolute atomic E-state index is 0.252. The molecule has 2 heterocycles. The summed E-state index contributed by atoms with van der Waals surface area (Å²) < 4.78 is 23.6. The zero-order valence-corrected chi connectivity index (χ0v) is 19.2. The van der Waals surface area contributed by atoms with Crippen LogP contribution in [0.25, 0.3) is 17.0 Å². The highest BCUT2D eigenvalue weighted by Gasteiger charge is 2.27. The van der Waals surface area contributed by atoms with E-state index in [4.69, 9.17) is 24.7 Å². The minimum atomic E-state index is -0.761. The summed E-state index contributed by atoms with van der Waals surface area (Å²) in [7, 11) is 1.45. The molecule has 5 rings (SSSR count). The zero-order valence-electron chi connectivity index (χ0n) is 19.2. The molecule has 2 N–H and O–H groups in total. The number of primary amides is 1. The van der Waals surface area contributed by atoms with Crippen LogP contribution >= 0.6 is 0 Å². The summed E-state index contributed by atoms with van der Waals surface area (Å²) in [6, 6.07) is 12.3. The first kappa shape index (κ1) is 22.5. The third-order valence-electron chi connectivity index (χ3n) is 5.86. The number of hydrogen-bond donors (Lipinski definition) is 1. The lowest BCUT2D eigenvalue weighted by molar-refractivity contribution is -0.0268. The van der Waals surface area contributed by atoms with Gasteiger partial charge in [-0.15, -0.1) is 0 Å². The molecule has 1 unspecified atom stereocenters. The molecule has 180 valence electrons. The molecule has 2 aromatic carbocycles. The number of aromatic nitrogens is 2. The number of benzene rings is 2. The average Bonchev–Trinajstić information content (AvgIpc) is 3.47. The Morgan fingerprint density at radius 1 is 1.17 bits per heavy atom. The lowest BCUT2D eigenvalue weighted by Gasteiger charge is -2.11. The molecule has 0 radical (unpaired) electrons. The number of hydrogen-bond acceptors (Lipinski definition) is 7. The zero-order chi connectivity index (χ0) is 24.4. The summed E-state index contributed by atoms with van der Waals surface area (Å²) in [4.78, 5) is 24.7. The molecule has 0 bridgehead atoms. The minimum Gasteiger partial charge on any atom is -0.495 e. The molecule has 1 aliphatic heterocycles. The maximum atomic E-state index is 12.7. The summed E-state index contributed by atoms with van der Waals surface area (Å²) in [5, 5.41) is 4.79. The number of carbonyl (C=O) groups is 2. The van der Waals surface area contributed by atoms with E-state index >= 15 is 0 Å². The fourth-order valence-electron chi connectivity index (χ4n) is 3.91. The summed E-state index contributed by atoms with van der Waals surface area (Å²) in [6.07, 6.45) is 7.14. The summed E-state index contributed by atoms with van der Waals surface area (Å²) >= 11 is 0. The molecular formula is C26H25N3O6. The number of ether oxygens (including phenoxy) is 4. The van der Waals surface area contributed by atoms with E-state index in [1.807, 2.05) is 30.3 Å². The summed E-state index contributed by atoms with van der Waals surface area (Å²) in [6.45, 7) is 0.378. The Morgan fingerprint density at radius 2 is 1.97 bits per heavy atom. The van der Waals surface area contributed by atoms with E-state index in [0.717, 1.165) is 23.1 Å². The van der Waals surface area contributed by atoms with Crippen molar-refractivity contribution >= 4 is 29.0 Å². The molecule has 9 nitrogen and oxygen atoms in total. The SMILES string of the molecule is COc1c(C(=O)OCC2CC2)ccc2c1c(C=CC1=COC(Cc3ccccc3)O1)nn2C(N)=O. The van der Waals surface area contributed by atoms with Gasteiger partial charge in [-0.3, -0.25) is 0 Å². The van der Waals surface area contributed by atoms with E-state index in [2.05, 4.69) is 5.10 Å². The van der Waals surface area contributed by atoms with E-state index in [1.165, 1.54) is 13.4 Å². The smallest absolute Gasteiger partial charge is 0.341 e. The highest BCUT2D eigenvalue weighted by atomic mass is 16.7. The second kappa shape index (κ2) is 9.54. The quantitative estimate of drug-likeness (QED) is 0.490. The van der Waals surface area contributed by atoms with Gasteiger partial charge in [-0.1, -0.05) is 30.3 Å². The average molecular weight is 476 g/mol. The van der Waals surface area contributed by atoms with Crippen molar-refractivity contribution < 1.29 is 28.5 Å². The molecule has 0 saturated heterocycles. The van der Waals surface area contributed by atoms with Gasteiger partial charge in [-0.05, 0) is 48.6 Å². The lowest BCUT2D eigenvalue weighted by atomic mass is 10.1. The Balaban J connectivity index is 1.41. The van der Waals surface area contributed by atoms with E-state index in [1.54, 1.807) is 24.3 Å². The van der Waals surface area contributed by atoms with Gasteiger partial charge in [0.1, 0.15) is 17.6 Å². The number of nitrogens with zero attached hydrogens (tertiary/aromatic N) is 2. The Labute approximate surface area is 201 Å². The number of fused-ring (bicyclic) bond motifs is 1. The van der Waals surface area contributed by atoms with Crippen molar-refractivity contribution in [1.82, 2.24) is 9.78 Å². The van der Waals surface area contributed by atoms with Crippen molar-refractivity contribution in [3.63, 3.8) is 0 Å². The number of rotatable bonds is 8. The monoisotopic (exact) mass is 475 g/mol. The van der Waals surface area contributed by atoms with Crippen LogP contribution in [0.2, 0.25) is 0 Å². The van der Waals surface area contributed by atoms with Gasteiger partial charge in [-0.2, -0.15) is 9.78 Å². The Morgan fingerprint density at radius 3 is 2.69 bits per heavy atom. The van der Waals surface area contributed by atoms with Gasteiger partial charge < -0.3 is 24.7 Å². The third-order valence-corrected chi connectivity index (χ3v) is 5.86. The number of nitrogens with two attached hydrogens (primary N) is 1. The highest BCUT2D eigenvalue weighted by Crippen LogP contribution is 2.35. The van der Waals surface area contributed by atoms with Crippen molar-refractivity contribution in [3.8, 4) is 5.75 Å². The molecule has 1 atom stereocenters. The Hall–Kier alpha value is -4.27. The highest BCUT2D eigenvalue weighted by molar-refractivity contribution is 6.05. The lowest BCUT2D eigenvalue weighted by Crippen LogP contribution is -2.20. The topological polar surface area (TPSA) is 115 Å². The third kappa shape index (κ3) is 4.84. The predicted octanol–water partition coefficient (Wildman–Crippen LogP) is 4.01. The molecule has 1 saturated carbocycles. The second-order valence-electron chi connectivity index (χ2n) is 8.44. The number of allylic oxidation sites excluding steroid dienone is 1. The molecule has 35 heavy (non-hydrogen) atoms. The van der Waals surface area contributed by atoms with Gasteiger partial charge in [0.2, 0.25) is 6.29 Å². The van der Waals surface area contributed by atoms with Crippen molar-refractivity contribution in [2.24, 2.45) is 11.7 Å². The van der Waals surface area contributed by atoms with Crippen molar-refractivity contribution in [2.45, 2.75) is 25.6 Å². The van der Waals surface area contributed by atoms with E-state index < -0.39 is 18.3 Å². The van der Waals surface area contributed by atoms with Crippen LogP contribution in [0.3, 0.4) is 0 Å². The van der Waals surface area contributed by atoms with Gasteiger partial charge in [-0.25, -0.2) is 9.59 Å². The molecule has 1 aliphatic carbocycles. The maximum Gasteiger partial charge on any atom is 0.341 e. The van der Waals surface area contributed by atoms with Crippen LogP contribution in [-0.2, 0) is 20.6 Å². The molecule has 1 fully saturated rings. The van der Waals surface area contributed by atoms with Crippen LogP contribution < -0.4 is 10.5 Å². The van der Waals surface area contributed by atoms with Crippen LogP contribution in [0.4, 0.5) is 4.79 Å². The second-order valence-corrected chi connectivity index (χ2v) is 8.44. The summed E-state index contributed by atoms with van der Waals surface area (Å²) in [5.41, 5.74) is 7.66. The fourth-order valence-corrected chi connectivity index (χ4v) is 3.91. The van der Waals surface area contributed by atoms with Gasteiger partial charge in [0.05, 0.1) is 30.3 Å². The maximum absolute atomic E-state index is 12.7. The van der Waals surface area contributed by atoms with Crippen LogP contribution in [0, 0.1) is 5.92 Å². The van der Waals surface area contributed by atoms with E-state index in [0.29, 0.717) is 41.3 Å². The standard InChI is InChI=1S/C26H25N3O6/c1-32-24-19(25(30)34-14-17-7-8-17)10-12-21-23(24)20(28-29(21)26(27)31)11-9-18-15-33-22(35-18)13-16-5-3-2-4-6-16/h2-6,9-12,15,17,22H,7-8,13-14H2,1H3,(H2,27,31). The van der Waals surface area contributed by atoms with Crippen LogP contribution in [0.15, 0.2) is 60.6 Å². The van der Waals surface area contributed by atoms with Gasteiger partial charge >= 0.3 is 12.0 Å². The largest absolute Gasteiger partial charge is 0.495 e. The van der Waals surface area contributed by atoms with Crippen molar-refractivity contribution in [1.29, 1.82) is 0 Å². The van der Waals surface area contributed by atoms with Crippen molar-refractivity contribution in [2.75, 3.05) is 13.7 Å². The Bertz CT molecular complexity index is 1320. The van der Waals surface area contributed by atoms with Gasteiger partial charge in [0, 0.05) is 6.42 Å². The molecule has 0 spiro atoms. The van der Waals surface area contributed by atoms with Gasteiger partial charge in [0.25, 0.3) is 0 Å². The number of esters is 1. The molecule has 3 aromatic rings. The van der Waals surface area contributed by atoms with E-state index in [-0.39, 0.29) is 11.3 Å². The van der Waals surface area contributed by atoms with Gasteiger partial charge in [0.15, 0.2) is 5.76 Å². The Kier molecular flexibility index (Phi) is 6.13. The van der Waals surface area contributed by atoms with Crippen LogP contribution in [-0.4, -0.2) is 41.8 Å².